The van der Waals surface area contributed by atoms with E-state index in [2.05, 4.69) is 61.5 Å². The summed E-state index contributed by atoms with van der Waals surface area (Å²) < 4.78 is 6.45. The Morgan fingerprint density at radius 2 is 1.91 bits per heavy atom. The van der Waals surface area contributed by atoms with Crippen LogP contribution in [0.15, 0.2) is 47.1 Å². The maximum Gasteiger partial charge on any atom is 0.405 e. The van der Waals surface area contributed by atoms with Crippen molar-refractivity contribution in [3.05, 3.63) is 52.9 Å². The topological polar surface area (TPSA) is 108 Å². The predicted molar refractivity (Wildman–Crippen MR) is 131 cm³/mol. The van der Waals surface area contributed by atoms with Gasteiger partial charge in [0.2, 0.25) is 5.91 Å². The summed E-state index contributed by atoms with van der Waals surface area (Å²) in [4.78, 5) is 34.8. The summed E-state index contributed by atoms with van der Waals surface area (Å²) in [5.74, 6) is 0.493. The summed E-state index contributed by atoms with van der Waals surface area (Å²) in [5.41, 5.74) is 1.92. The largest absolute Gasteiger partial charge is 0.465 e. The van der Waals surface area contributed by atoms with Crippen molar-refractivity contribution in [3.63, 3.8) is 0 Å². The standard InChI is InChI=1S/C25H27BrN4O4/c26-19-6-5-16-12-18(4-3-17(16)13-19)20-14-27-23(28-20)21-2-1-9-30(21)24(31)22(29-25(32)33)15-7-10-34-11-8-15/h3-6,12-15,21-22,29H,1-2,7-11H2,(H,27,28)(H,32,33)/t21-,22-/m0/s1. The number of likely N-dealkylation sites (tertiary alicyclic amines) is 1. The highest BCUT2D eigenvalue weighted by molar-refractivity contribution is 9.10. The number of carbonyl (C=O) groups excluding carboxylic acids is 1. The van der Waals surface area contributed by atoms with Gasteiger partial charge >= 0.3 is 6.09 Å². The van der Waals surface area contributed by atoms with E-state index in [0.717, 1.165) is 45.2 Å². The molecule has 1 aromatic heterocycles. The first-order valence-corrected chi connectivity index (χ1v) is 12.4. The van der Waals surface area contributed by atoms with Crippen molar-refractivity contribution >= 4 is 38.7 Å². The Morgan fingerprint density at radius 3 is 2.71 bits per heavy atom. The highest BCUT2D eigenvalue weighted by atomic mass is 79.9. The minimum Gasteiger partial charge on any atom is -0.465 e. The van der Waals surface area contributed by atoms with Gasteiger partial charge in [0.15, 0.2) is 0 Å². The van der Waals surface area contributed by atoms with Crippen LogP contribution in [0.4, 0.5) is 4.79 Å². The van der Waals surface area contributed by atoms with Crippen LogP contribution in [0.3, 0.4) is 0 Å². The Morgan fingerprint density at radius 1 is 1.15 bits per heavy atom. The smallest absolute Gasteiger partial charge is 0.405 e. The van der Waals surface area contributed by atoms with Gasteiger partial charge in [0.05, 0.1) is 17.9 Å². The van der Waals surface area contributed by atoms with Crippen LogP contribution in [0, 0.1) is 5.92 Å². The average Bonchev–Trinajstić information content (AvgIpc) is 3.52. The number of carboxylic acid groups (broad SMARTS) is 1. The zero-order valence-electron chi connectivity index (χ0n) is 18.7. The fourth-order valence-corrected chi connectivity index (χ4v) is 5.47. The zero-order chi connectivity index (χ0) is 23.7. The normalized spacial score (nSPS) is 19.9. The molecule has 0 spiro atoms. The van der Waals surface area contributed by atoms with E-state index < -0.39 is 12.1 Å². The van der Waals surface area contributed by atoms with Crippen LogP contribution in [0.5, 0.6) is 0 Å². The van der Waals surface area contributed by atoms with Crippen molar-refractivity contribution in [2.24, 2.45) is 5.92 Å². The molecule has 5 rings (SSSR count). The summed E-state index contributed by atoms with van der Waals surface area (Å²) in [5, 5.41) is 14.1. The molecular formula is C25H27BrN4O4. The lowest BCUT2D eigenvalue weighted by Gasteiger charge is -2.33. The number of amides is 2. The van der Waals surface area contributed by atoms with Crippen molar-refractivity contribution in [2.75, 3.05) is 19.8 Å². The highest BCUT2D eigenvalue weighted by Crippen LogP contribution is 2.34. The van der Waals surface area contributed by atoms with Crippen molar-refractivity contribution in [3.8, 4) is 11.3 Å². The van der Waals surface area contributed by atoms with Gasteiger partial charge in [-0.25, -0.2) is 9.78 Å². The summed E-state index contributed by atoms with van der Waals surface area (Å²) >= 11 is 3.51. The van der Waals surface area contributed by atoms with Gasteiger partial charge in [-0.3, -0.25) is 4.79 Å². The van der Waals surface area contributed by atoms with E-state index in [-0.39, 0.29) is 17.9 Å². The molecule has 34 heavy (non-hydrogen) atoms. The number of aromatic amines is 1. The van der Waals surface area contributed by atoms with Gasteiger partial charge in [0.1, 0.15) is 11.9 Å². The number of rotatable bonds is 5. The van der Waals surface area contributed by atoms with Gasteiger partial charge in [-0.2, -0.15) is 0 Å². The van der Waals surface area contributed by atoms with E-state index >= 15 is 0 Å². The molecule has 178 valence electrons. The number of imidazole rings is 1. The summed E-state index contributed by atoms with van der Waals surface area (Å²) in [6, 6.07) is 11.5. The molecule has 0 saturated carbocycles. The molecule has 2 atom stereocenters. The SMILES string of the molecule is O=C(O)N[C@H](C(=O)N1CCC[C@H]1c1ncc(-c2ccc3cc(Br)ccc3c2)[nH]1)C1CCOCC1. The van der Waals surface area contributed by atoms with Crippen LogP contribution >= 0.6 is 15.9 Å². The number of ether oxygens (including phenoxy) is 1. The molecule has 0 bridgehead atoms. The number of benzene rings is 2. The molecule has 8 nitrogen and oxygen atoms in total. The van der Waals surface area contributed by atoms with E-state index in [1.807, 2.05) is 12.3 Å². The molecule has 2 amide bonds. The number of aromatic nitrogens is 2. The van der Waals surface area contributed by atoms with E-state index in [4.69, 9.17) is 4.74 Å². The summed E-state index contributed by atoms with van der Waals surface area (Å²) in [6.07, 6.45) is 3.60. The highest BCUT2D eigenvalue weighted by Gasteiger charge is 2.39. The maximum absolute atomic E-state index is 13.5. The molecule has 2 fully saturated rings. The van der Waals surface area contributed by atoms with Crippen LogP contribution in [-0.4, -0.2) is 57.8 Å². The van der Waals surface area contributed by atoms with Gasteiger partial charge in [0, 0.05) is 29.8 Å². The van der Waals surface area contributed by atoms with Crippen LogP contribution in [0.2, 0.25) is 0 Å². The molecule has 2 aliphatic heterocycles. The van der Waals surface area contributed by atoms with Crippen molar-refractivity contribution in [2.45, 2.75) is 37.8 Å². The first-order chi connectivity index (χ1) is 16.5. The predicted octanol–water partition coefficient (Wildman–Crippen LogP) is 4.72. The Balaban J connectivity index is 1.38. The number of halogens is 1. The Bertz CT molecular complexity index is 1210. The number of nitrogens with zero attached hydrogens (tertiary/aromatic N) is 2. The third-order valence-electron chi connectivity index (χ3n) is 6.84. The number of hydrogen-bond acceptors (Lipinski definition) is 4. The number of fused-ring (bicyclic) bond motifs is 1. The van der Waals surface area contributed by atoms with Crippen LogP contribution in [0.25, 0.3) is 22.0 Å². The Labute approximate surface area is 205 Å². The molecule has 0 aliphatic carbocycles. The lowest BCUT2D eigenvalue weighted by Crippen LogP contribution is -2.52. The van der Waals surface area contributed by atoms with Crippen molar-refractivity contribution in [1.82, 2.24) is 20.2 Å². The van der Waals surface area contributed by atoms with Gasteiger partial charge in [-0.05, 0) is 60.6 Å². The second-order valence-corrected chi connectivity index (χ2v) is 9.87. The van der Waals surface area contributed by atoms with E-state index in [9.17, 15) is 14.7 Å². The van der Waals surface area contributed by atoms with E-state index in [0.29, 0.717) is 32.6 Å². The number of H-pyrrole nitrogens is 1. The molecule has 3 heterocycles. The second kappa shape index (κ2) is 9.76. The lowest BCUT2D eigenvalue weighted by atomic mass is 9.90. The van der Waals surface area contributed by atoms with Crippen molar-refractivity contribution in [1.29, 1.82) is 0 Å². The quantitative estimate of drug-likeness (QED) is 0.445. The maximum atomic E-state index is 13.5. The number of carbonyl (C=O) groups is 2. The molecule has 9 heteroatoms. The van der Waals surface area contributed by atoms with Gasteiger partial charge in [-0.15, -0.1) is 0 Å². The number of hydrogen-bond donors (Lipinski definition) is 3. The van der Waals surface area contributed by atoms with E-state index in [1.54, 1.807) is 4.90 Å². The van der Waals surface area contributed by atoms with Gasteiger partial charge in [0.25, 0.3) is 0 Å². The fraction of sp³-hybridized carbons (Fsp3) is 0.400. The molecule has 2 aromatic carbocycles. The van der Waals surface area contributed by atoms with Gasteiger partial charge < -0.3 is 25.0 Å². The minimum absolute atomic E-state index is 0.0663. The van der Waals surface area contributed by atoms with Gasteiger partial charge in [-0.1, -0.05) is 34.1 Å². The van der Waals surface area contributed by atoms with Crippen LogP contribution < -0.4 is 5.32 Å². The van der Waals surface area contributed by atoms with Crippen LogP contribution in [-0.2, 0) is 9.53 Å². The number of nitrogens with one attached hydrogen (secondary N) is 2. The molecule has 3 aromatic rings. The zero-order valence-corrected chi connectivity index (χ0v) is 20.3. The molecule has 0 unspecified atom stereocenters. The van der Waals surface area contributed by atoms with E-state index in [1.165, 1.54) is 0 Å². The lowest BCUT2D eigenvalue weighted by molar-refractivity contribution is -0.136. The monoisotopic (exact) mass is 526 g/mol. The Hall–Kier alpha value is -2.91. The fourth-order valence-electron chi connectivity index (χ4n) is 5.09. The molecule has 2 aliphatic rings. The first-order valence-electron chi connectivity index (χ1n) is 11.6. The molecular weight excluding hydrogens is 500 g/mol. The summed E-state index contributed by atoms with van der Waals surface area (Å²) in [6.45, 7) is 1.68. The van der Waals surface area contributed by atoms with Crippen LogP contribution in [0.1, 0.15) is 37.5 Å². The third-order valence-corrected chi connectivity index (χ3v) is 7.34. The average molecular weight is 527 g/mol. The second-order valence-electron chi connectivity index (χ2n) is 8.95. The minimum atomic E-state index is -1.18. The molecule has 0 radical (unpaired) electrons. The molecule has 3 N–H and O–H groups in total. The summed E-state index contributed by atoms with van der Waals surface area (Å²) in [7, 11) is 0. The Kier molecular flexibility index (Phi) is 6.56. The van der Waals surface area contributed by atoms with Crippen molar-refractivity contribution < 1.29 is 19.4 Å². The molecule has 2 saturated heterocycles. The first kappa shape index (κ1) is 22.9. The third kappa shape index (κ3) is 4.67.